The summed E-state index contributed by atoms with van der Waals surface area (Å²) in [5.41, 5.74) is 2.51. The van der Waals surface area contributed by atoms with E-state index >= 15 is 0 Å². The molecule has 19 heavy (non-hydrogen) atoms. The molecular formula is C14H12BrNO3. The summed E-state index contributed by atoms with van der Waals surface area (Å²) in [6.07, 6.45) is 2.68. The number of pyridine rings is 1. The smallest absolute Gasteiger partial charge is 0.231 e. The number of ether oxygens (including phenoxy) is 2. The van der Waals surface area contributed by atoms with E-state index in [1.807, 2.05) is 19.1 Å². The molecule has 1 aliphatic heterocycles. The van der Waals surface area contributed by atoms with E-state index in [0.29, 0.717) is 11.5 Å². The molecule has 0 bridgehead atoms. The van der Waals surface area contributed by atoms with Gasteiger partial charge >= 0.3 is 0 Å². The number of aliphatic hydroxyl groups excluding tert-OH is 1. The third-order valence-corrected chi connectivity index (χ3v) is 3.57. The van der Waals surface area contributed by atoms with Crippen molar-refractivity contribution in [3.63, 3.8) is 0 Å². The largest absolute Gasteiger partial charge is 0.454 e. The summed E-state index contributed by atoms with van der Waals surface area (Å²) >= 11 is 3.42. The molecular weight excluding hydrogens is 310 g/mol. The van der Waals surface area contributed by atoms with Gasteiger partial charge in [0.05, 0.1) is 4.47 Å². The molecule has 2 heterocycles. The maximum absolute atomic E-state index is 10.4. The lowest BCUT2D eigenvalue weighted by Gasteiger charge is -2.13. The summed E-state index contributed by atoms with van der Waals surface area (Å²) in [7, 11) is 0. The first-order chi connectivity index (χ1) is 9.15. The number of halogens is 1. The Morgan fingerprint density at radius 1 is 1.21 bits per heavy atom. The average Bonchev–Trinajstić information content (AvgIpc) is 2.86. The highest BCUT2D eigenvalue weighted by atomic mass is 79.9. The van der Waals surface area contributed by atoms with Gasteiger partial charge in [-0.25, -0.2) is 0 Å². The molecule has 0 radical (unpaired) electrons. The Bertz CT molecular complexity index is 630. The molecule has 0 saturated carbocycles. The lowest BCUT2D eigenvalue weighted by atomic mass is 10.0. The quantitative estimate of drug-likeness (QED) is 0.924. The Morgan fingerprint density at radius 3 is 2.84 bits per heavy atom. The predicted octanol–water partition coefficient (Wildman–Crippen LogP) is 2.96. The zero-order valence-electron chi connectivity index (χ0n) is 10.3. The lowest BCUT2D eigenvalue weighted by Crippen LogP contribution is -2.01. The van der Waals surface area contributed by atoms with Crippen LogP contribution in [0.5, 0.6) is 11.5 Å². The summed E-state index contributed by atoms with van der Waals surface area (Å²) in [5.74, 6) is 1.32. The first-order valence-electron chi connectivity index (χ1n) is 5.84. The van der Waals surface area contributed by atoms with E-state index in [1.54, 1.807) is 18.5 Å². The van der Waals surface area contributed by atoms with Gasteiger partial charge in [0.1, 0.15) is 6.10 Å². The standard InChI is InChI=1S/C14H12BrNO3/c1-8-2-10(6-16-5-8)13(17)9-3-11(15)14-12(4-9)18-7-19-14/h2-6,13,17H,7H2,1H3. The molecule has 4 nitrogen and oxygen atoms in total. The lowest BCUT2D eigenvalue weighted by molar-refractivity contribution is 0.173. The molecule has 98 valence electrons. The van der Waals surface area contributed by atoms with Gasteiger partial charge in [0.25, 0.3) is 0 Å². The molecule has 0 spiro atoms. The molecule has 1 N–H and O–H groups in total. The number of aryl methyl sites for hydroxylation is 1. The van der Waals surface area contributed by atoms with Crippen LogP contribution >= 0.6 is 15.9 Å². The molecule has 1 aliphatic rings. The fraction of sp³-hybridized carbons (Fsp3) is 0.214. The van der Waals surface area contributed by atoms with Gasteiger partial charge in [0.15, 0.2) is 11.5 Å². The Morgan fingerprint density at radius 2 is 2.05 bits per heavy atom. The van der Waals surface area contributed by atoms with E-state index in [4.69, 9.17) is 9.47 Å². The minimum absolute atomic E-state index is 0.208. The maximum Gasteiger partial charge on any atom is 0.231 e. The molecule has 0 saturated heterocycles. The van der Waals surface area contributed by atoms with E-state index in [2.05, 4.69) is 20.9 Å². The Hall–Kier alpha value is -1.59. The monoisotopic (exact) mass is 321 g/mol. The molecule has 3 rings (SSSR count). The minimum atomic E-state index is -0.738. The van der Waals surface area contributed by atoms with E-state index in [0.717, 1.165) is 21.2 Å². The van der Waals surface area contributed by atoms with E-state index in [9.17, 15) is 5.11 Å². The summed E-state index contributed by atoms with van der Waals surface area (Å²) in [4.78, 5) is 4.10. The van der Waals surface area contributed by atoms with E-state index in [1.165, 1.54) is 0 Å². The molecule has 1 aromatic heterocycles. The van der Waals surface area contributed by atoms with Gasteiger partial charge in [-0.3, -0.25) is 4.98 Å². The van der Waals surface area contributed by atoms with E-state index in [-0.39, 0.29) is 6.79 Å². The van der Waals surface area contributed by atoms with Crippen molar-refractivity contribution in [3.05, 3.63) is 51.8 Å². The van der Waals surface area contributed by atoms with E-state index < -0.39 is 6.10 Å². The number of hydrogen-bond acceptors (Lipinski definition) is 4. The topological polar surface area (TPSA) is 51.6 Å². The molecule has 0 aliphatic carbocycles. The second-order valence-corrected chi connectivity index (χ2v) is 5.29. The number of rotatable bonds is 2. The van der Waals surface area contributed by atoms with Crippen molar-refractivity contribution >= 4 is 15.9 Å². The van der Waals surface area contributed by atoms with Crippen molar-refractivity contribution in [1.82, 2.24) is 4.98 Å². The minimum Gasteiger partial charge on any atom is -0.454 e. The number of aliphatic hydroxyl groups is 1. The second kappa shape index (κ2) is 4.83. The van der Waals surface area contributed by atoms with Crippen LogP contribution in [0, 0.1) is 6.92 Å². The van der Waals surface area contributed by atoms with Crippen LogP contribution in [0.1, 0.15) is 22.8 Å². The van der Waals surface area contributed by atoms with Crippen LogP contribution in [0.15, 0.2) is 35.1 Å². The van der Waals surface area contributed by atoms with Crippen molar-refractivity contribution in [2.24, 2.45) is 0 Å². The number of hydrogen-bond donors (Lipinski definition) is 1. The van der Waals surface area contributed by atoms with Crippen molar-refractivity contribution in [2.45, 2.75) is 13.0 Å². The van der Waals surface area contributed by atoms with Crippen LogP contribution in [0.25, 0.3) is 0 Å². The van der Waals surface area contributed by atoms with Crippen LogP contribution in [0.3, 0.4) is 0 Å². The fourth-order valence-electron chi connectivity index (χ4n) is 2.07. The van der Waals surface area contributed by atoms with Crippen molar-refractivity contribution in [3.8, 4) is 11.5 Å². The maximum atomic E-state index is 10.4. The number of aromatic nitrogens is 1. The predicted molar refractivity (Wildman–Crippen MR) is 73.3 cm³/mol. The number of benzene rings is 1. The van der Waals surface area contributed by atoms with Crippen molar-refractivity contribution < 1.29 is 14.6 Å². The molecule has 1 aromatic carbocycles. The summed E-state index contributed by atoms with van der Waals surface area (Å²) < 4.78 is 11.5. The second-order valence-electron chi connectivity index (χ2n) is 4.43. The van der Waals surface area contributed by atoms with Gasteiger partial charge in [-0.2, -0.15) is 0 Å². The first kappa shape index (κ1) is 12.4. The van der Waals surface area contributed by atoms with Crippen LogP contribution in [-0.2, 0) is 0 Å². The normalized spacial score (nSPS) is 14.5. The molecule has 0 fully saturated rings. The first-order valence-corrected chi connectivity index (χ1v) is 6.63. The summed E-state index contributed by atoms with van der Waals surface area (Å²) in [5, 5.41) is 10.4. The van der Waals surface area contributed by atoms with Crippen LogP contribution in [0.2, 0.25) is 0 Å². The Balaban J connectivity index is 2.00. The third-order valence-electron chi connectivity index (χ3n) is 2.98. The zero-order chi connectivity index (χ0) is 13.4. The van der Waals surface area contributed by atoms with Crippen LogP contribution in [-0.4, -0.2) is 16.9 Å². The molecule has 2 aromatic rings. The molecule has 0 amide bonds. The Kier molecular flexibility index (Phi) is 3.16. The third kappa shape index (κ3) is 2.31. The van der Waals surface area contributed by atoms with Crippen LogP contribution < -0.4 is 9.47 Å². The molecule has 5 heteroatoms. The summed E-state index contributed by atoms with van der Waals surface area (Å²) in [6.45, 7) is 2.15. The number of fused-ring (bicyclic) bond motifs is 1. The highest BCUT2D eigenvalue weighted by Crippen LogP contribution is 2.41. The Labute approximate surface area is 119 Å². The fourth-order valence-corrected chi connectivity index (χ4v) is 2.64. The number of nitrogens with zero attached hydrogens (tertiary/aromatic N) is 1. The van der Waals surface area contributed by atoms with Gasteiger partial charge in [-0.1, -0.05) is 6.07 Å². The van der Waals surface area contributed by atoms with Crippen LogP contribution in [0.4, 0.5) is 0 Å². The van der Waals surface area contributed by atoms with Crippen molar-refractivity contribution in [1.29, 1.82) is 0 Å². The van der Waals surface area contributed by atoms with Gasteiger partial charge in [-0.05, 0) is 46.1 Å². The highest BCUT2D eigenvalue weighted by molar-refractivity contribution is 9.10. The SMILES string of the molecule is Cc1cncc(C(O)c2cc(Br)c3c(c2)OCO3)c1. The van der Waals surface area contributed by atoms with Crippen molar-refractivity contribution in [2.75, 3.05) is 6.79 Å². The summed E-state index contributed by atoms with van der Waals surface area (Å²) in [6, 6.07) is 5.54. The highest BCUT2D eigenvalue weighted by Gasteiger charge is 2.21. The zero-order valence-corrected chi connectivity index (χ0v) is 11.8. The van der Waals surface area contributed by atoms with Gasteiger partial charge in [0, 0.05) is 18.0 Å². The van der Waals surface area contributed by atoms with Gasteiger partial charge in [0.2, 0.25) is 6.79 Å². The average molecular weight is 322 g/mol. The molecule has 1 unspecified atom stereocenters. The molecule has 1 atom stereocenters. The van der Waals surface area contributed by atoms with Gasteiger partial charge in [-0.15, -0.1) is 0 Å². The van der Waals surface area contributed by atoms with Gasteiger partial charge < -0.3 is 14.6 Å².